The fraction of sp³-hybridized carbons (Fsp3) is 0.571. The number of piperidine rings is 1. The normalized spacial score (nSPS) is 17.6. The summed E-state index contributed by atoms with van der Waals surface area (Å²) in [6, 6.07) is 3.80. The first kappa shape index (κ1) is 14.6. The van der Waals surface area contributed by atoms with Crippen molar-refractivity contribution in [1.29, 1.82) is 0 Å². The molecule has 4 N–H and O–H groups in total. The van der Waals surface area contributed by atoms with Crippen LogP contribution in [0.2, 0.25) is 0 Å². The Hall–Kier alpha value is -1.82. The topological polar surface area (TPSA) is 89.2 Å². The van der Waals surface area contributed by atoms with Gasteiger partial charge in [0.05, 0.1) is 0 Å². The van der Waals surface area contributed by atoms with Gasteiger partial charge < -0.3 is 20.9 Å². The van der Waals surface area contributed by atoms with Crippen LogP contribution in [0.5, 0.6) is 0 Å². The third-order valence-electron chi connectivity index (χ3n) is 3.60. The second kappa shape index (κ2) is 6.56. The average molecular weight is 278 g/mol. The van der Waals surface area contributed by atoms with Crippen LogP contribution in [-0.4, -0.2) is 35.5 Å². The van der Waals surface area contributed by atoms with Crippen LogP contribution in [-0.2, 0) is 4.79 Å². The Bertz CT molecular complexity index is 477. The van der Waals surface area contributed by atoms with Gasteiger partial charge in [0.15, 0.2) is 0 Å². The molecule has 0 saturated carbocycles. The van der Waals surface area contributed by atoms with Crippen molar-refractivity contribution in [2.24, 2.45) is 5.73 Å². The molecule has 20 heavy (non-hydrogen) atoms. The van der Waals surface area contributed by atoms with Crippen molar-refractivity contribution in [3.8, 4) is 0 Å². The lowest BCUT2D eigenvalue weighted by molar-refractivity contribution is -0.118. The van der Waals surface area contributed by atoms with Crippen molar-refractivity contribution in [2.75, 3.05) is 13.1 Å². The molecule has 1 aliphatic rings. The van der Waals surface area contributed by atoms with E-state index in [-0.39, 0.29) is 18.4 Å². The number of primary amides is 1. The molecule has 1 unspecified atom stereocenters. The summed E-state index contributed by atoms with van der Waals surface area (Å²) >= 11 is 0. The summed E-state index contributed by atoms with van der Waals surface area (Å²) in [5.74, 6) is -0.561. The number of carbonyl (C=O) groups is 2. The van der Waals surface area contributed by atoms with Crippen LogP contribution >= 0.6 is 0 Å². The van der Waals surface area contributed by atoms with E-state index in [0.717, 1.165) is 25.9 Å². The van der Waals surface area contributed by atoms with Crippen molar-refractivity contribution in [2.45, 2.75) is 38.3 Å². The maximum atomic E-state index is 12.3. The number of hydrogen-bond acceptors (Lipinski definition) is 3. The number of rotatable bonds is 5. The highest BCUT2D eigenvalue weighted by molar-refractivity contribution is 5.93. The third kappa shape index (κ3) is 3.60. The molecule has 1 aromatic rings. The maximum absolute atomic E-state index is 12.3. The molecule has 2 rings (SSSR count). The quantitative estimate of drug-likeness (QED) is 0.728. The Kier molecular flexibility index (Phi) is 4.79. The van der Waals surface area contributed by atoms with Gasteiger partial charge in [-0.3, -0.25) is 9.59 Å². The van der Waals surface area contributed by atoms with Crippen LogP contribution in [0.4, 0.5) is 0 Å². The van der Waals surface area contributed by atoms with Gasteiger partial charge in [0.2, 0.25) is 5.91 Å². The largest absolute Gasteiger partial charge is 0.370 e. The number of nitrogens with zero attached hydrogens (tertiary/aromatic N) is 1. The monoisotopic (exact) mass is 278 g/mol. The molecule has 2 amide bonds. The molecule has 6 nitrogen and oxygen atoms in total. The number of aromatic nitrogens is 1. The van der Waals surface area contributed by atoms with Gasteiger partial charge in [-0.15, -0.1) is 0 Å². The van der Waals surface area contributed by atoms with Gasteiger partial charge in [-0.1, -0.05) is 0 Å². The minimum absolute atomic E-state index is 0.151. The van der Waals surface area contributed by atoms with Gasteiger partial charge in [0, 0.05) is 24.7 Å². The smallest absolute Gasteiger partial charge is 0.268 e. The zero-order valence-corrected chi connectivity index (χ0v) is 11.8. The van der Waals surface area contributed by atoms with Gasteiger partial charge >= 0.3 is 0 Å². The molecule has 0 spiro atoms. The minimum atomic E-state index is -0.411. The Morgan fingerprint density at radius 1 is 1.50 bits per heavy atom. The molecule has 0 bridgehead atoms. The molecule has 1 aromatic heterocycles. The van der Waals surface area contributed by atoms with E-state index in [1.54, 1.807) is 6.92 Å². The summed E-state index contributed by atoms with van der Waals surface area (Å²) < 4.78 is 2.03. The Labute approximate surface area is 118 Å². The van der Waals surface area contributed by atoms with E-state index in [2.05, 4.69) is 10.6 Å². The van der Waals surface area contributed by atoms with Crippen molar-refractivity contribution in [3.63, 3.8) is 0 Å². The highest BCUT2D eigenvalue weighted by Gasteiger charge is 2.20. The van der Waals surface area contributed by atoms with E-state index in [1.807, 2.05) is 22.9 Å². The molecule has 1 atom stereocenters. The molecule has 110 valence electrons. The van der Waals surface area contributed by atoms with Gasteiger partial charge in [-0.25, -0.2) is 0 Å². The van der Waals surface area contributed by atoms with Crippen molar-refractivity contribution < 1.29 is 9.59 Å². The molecule has 1 aliphatic heterocycles. The number of amides is 2. The van der Waals surface area contributed by atoms with E-state index in [1.165, 1.54) is 0 Å². The first-order valence-electron chi connectivity index (χ1n) is 7.04. The van der Waals surface area contributed by atoms with Crippen LogP contribution in [0.25, 0.3) is 0 Å². The molecule has 0 radical (unpaired) electrons. The molecular formula is C14H22N4O2. The molecule has 6 heteroatoms. The lowest BCUT2D eigenvalue weighted by Crippen LogP contribution is -2.37. The first-order valence-corrected chi connectivity index (χ1v) is 7.04. The maximum Gasteiger partial charge on any atom is 0.268 e. The Balaban J connectivity index is 2.03. The SMILES string of the molecule is CC(CC(N)=O)NC(=O)c1cccn1C1CCNCC1. The lowest BCUT2D eigenvalue weighted by Gasteiger charge is -2.26. The molecule has 0 aromatic carbocycles. The van der Waals surface area contributed by atoms with Crippen LogP contribution in [0.3, 0.4) is 0 Å². The lowest BCUT2D eigenvalue weighted by atomic mass is 10.1. The van der Waals surface area contributed by atoms with Crippen molar-refractivity contribution in [1.82, 2.24) is 15.2 Å². The van der Waals surface area contributed by atoms with Gasteiger partial charge in [0.1, 0.15) is 5.69 Å². The van der Waals surface area contributed by atoms with E-state index >= 15 is 0 Å². The predicted molar refractivity (Wildman–Crippen MR) is 76.3 cm³/mol. The third-order valence-corrected chi connectivity index (χ3v) is 3.60. The summed E-state index contributed by atoms with van der Waals surface area (Å²) in [6.45, 7) is 3.73. The van der Waals surface area contributed by atoms with Crippen LogP contribution in [0.15, 0.2) is 18.3 Å². The summed E-state index contributed by atoms with van der Waals surface area (Å²) in [5, 5.41) is 6.13. The van der Waals surface area contributed by atoms with E-state index in [4.69, 9.17) is 5.73 Å². The fourth-order valence-corrected chi connectivity index (χ4v) is 2.64. The molecule has 2 heterocycles. The van der Waals surface area contributed by atoms with Crippen molar-refractivity contribution >= 4 is 11.8 Å². The Morgan fingerprint density at radius 3 is 2.85 bits per heavy atom. The molecule has 1 fully saturated rings. The molecule has 1 saturated heterocycles. The second-order valence-electron chi connectivity index (χ2n) is 5.33. The summed E-state index contributed by atoms with van der Waals surface area (Å²) in [5.41, 5.74) is 5.78. The molecule has 0 aliphatic carbocycles. The predicted octanol–water partition coefficient (Wildman–Crippen LogP) is 0.406. The zero-order valence-electron chi connectivity index (χ0n) is 11.8. The van der Waals surface area contributed by atoms with Crippen LogP contribution in [0, 0.1) is 0 Å². The van der Waals surface area contributed by atoms with Crippen molar-refractivity contribution in [3.05, 3.63) is 24.0 Å². The van der Waals surface area contributed by atoms with Crippen LogP contribution in [0.1, 0.15) is 42.7 Å². The number of hydrogen-bond donors (Lipinski definition) is 3. The number of nitrogens with two attached hydrogens (primary N) is 1. The zero-order chi connectivity index (χ0) is 14.5. The van der Waals surface area contributed by atoms with Gasteiger partial charge in [-0.05, 0) is 45.0 Å². The molecular weight excluding hydrogens is 256 g/mol. The number of nitrogens with one attached hydrogen (secondary N) is 2. The first-order chi connectivity index (χ1) is 9.58. The van der Waals surface area contributed by atoms with Gasteiger partial charge in [0.25, 0.3) is 5.91 Å². The summed E-state index contributed by atoms with van der Waals surface area (Å²) in [6.07, 6.45) is 4.14. The van der Waals surface area contributed by atoms with E-state index < -0.39 is 5.91 Å². The standard InChI is InChI=1S/C14H22N4O2/c1-10(9-13(15)19)17-14(20)12-3-2-8-18(12)11-4-6-16-7-5-11/h2-3,8,10-11,16H,4-7,9H2,1H3,(H2,15,19)(H,17,20). The Morgan fingerprint density at radius 2 is 2.20 bits per heavy atom. The summed E-state index contributed by atoms with van der Waals surface area (Å²) in [7, 11) is 0. The minimum Gasteiger partial charge on any atom is -0.370 e. The van der Waals surface area contributed by atoms with E-state index in [9.17, 15) is 9.59 Å². The second-order valence-corrected chi connectivity index (χ2v) is 5.33. The number of carbonyl (C=O) groups excluding carboxylic acids is 2. The van der Waals surface area contributed by atoms with E-state index in [0.29, 0.717) is 11.7 Å². The summed E-state index contributed by atoms with van der Waals surface area (Å²) in [4.78, 5) is 23.1. The van der Waals surface area contributed by atoms with Gasteiger partial charge in [-0.2, -0.15) is 0 Å². The highest BCUT2D eigenvalue weighted by Crippen LogP contribution is 2.21. The highest BCUT2D eigenvalue weighted by atomic mass is 16.2. The average Bonchev–Trinajstić information content (AvgIpc) is 2.87. The van der Waals surface area contributed by atoms with Crippen LogP contribution < -0.4 is 16.4 Å². The fourth-order valence-electron chi connectivity index (χ4n) is 2.64.